The molecule has 1 atom stereocenters. The minimum absolute atomic E-state index is 0. The summed E-state index contributed by atoms with van der Waals surface area (Å²) in [6.07, 6.45) is 2.04. The van der Waals surface area contributed by atoms with Gasteiger partial charge in [-0.05, 0) is 42.2 Å². The second-order valence-electron chi connectivity index (χ2n) is 7.14. The molecule has 154 valence electrons. The Morgan fingerprint density at radius 3 is 2.76 bits per heavy atom. The Balaban J connectivity index is 0.00000240. The van der Waals surface area contributed by atoms with Crippen LogP contribution in [0.5, 0.6) is 0 Å². The van der Waals surface area contributed by atoms with Crippen LogP contribution < -0.4 is 11.0 Å². The SMILES string of the molecule is Cl.O=C(CCCc1ccc2[nH]c(=O)[nH]c2c1)N1CCNCC1c1ccccc1Cl. The van der Waals surface area contributed by atoms with Crippen LogP contribution in [0.1, 0.15) is 30.0 Å². The summed E-state index contributed by atoms with van der Waals surface area (Å²) in [4.78, 5) is 31.7. The van der Waals surface area contributed by atoms with Gasteiger partial charge in [-0.1, -0.05) is 35.9 Å². The topological polar surface area (TPSA) is 81.0 Å². The molecule has 0 radical (unpaired) electrons. The predicted molar refractivity (Wildman–Crippen MR) is 118 cm³/mol. The first-order valence-electron chi connectivity index (χ1n) is 9.57. The van der Waals surface area contributed by atoms with Crippen LogP contribution >= 0.6 is 24.0 Å². The van der Waals surface area contributed by atoms with Crippen molar-refractivity contribution in [2.24, 2.45) is 0 Å². The zero-order valence-corrected chi connectivity index (χ0v) is 17.5. The Bertz CT molecular complexity index is 1050. The predicted octanol–water partition coefficient (Wildman–Crippen LogP) is 3.43. The minimum Gasteiger partial charge on any atom is -0.333 e. The molecule has 3 N–H and O–H groups in total. The molecule has 3 aromatic rings. The lowest BCUT2D eigenvalue weighted by molar-refractivity contribution is -0.134. The zero-order chi connectivity index (χ0) is 19.5. The molecule has 1 unspecified atom stereocenters. The number of aryl methyl sites for hydroxylation is 1. The standard InChI is InChI=1S/C21H23ClN4O2.ClH/c22-16-6-2-1-5-15(16)19-13-23-10-11-26(19)20(27)7-3-4-14-8-9-17-18(12-14)25-21(28)24-17;/h1-2,5-6,8-9,12,19,23H,3-4,7,10-11,13H2,(H2,24,25,28);1H. The number of carbonyl (C=O) groups excluding carboxylic acids is 1. The molecule has 1 amide bonds. The van der Waals surface area contributed by atoms with Crippen molar-refractivity contribution in [2.45, 2.75) is 25.3 Å². The molecule has 2 heterocycles. The van der Waals surface area contributed by atoms with Gasteiger partial charge in [0.2, 0.25) is 5.91 Å². The third-order valence-corrected chi connectivity index (χ3v) is 5.61. The monoisotopic (exact) mass is 434 g/mol. The average Bonchev–Trinajstić information content (AvgIpc) is 3.07. The van der Waals surface area contributed by atoms with Crippen LogP contribution in [0.25, 0.3) is 11.0 Å². The van der Waals surface area contributed by atoms with Crippen molar-refractivity contribution in [2.75, 3.05) is 19.6 Å². The summed E-state index contributed by atoms with van der Waals surface area (Å²) in [6, 6.07) is 13.6. The largest absolute Gasteiger partial charge is 0.333 e. The van der Waals surface area contributed by atoms with E-state index in [2.05, 4.69) is 15.3 Å². The number of hydrogen-bond acceptors (Lipinski definition) is 3. The summed E-state index contributed by atoms with van der Waals surface area (Å²) in [6.45, 7) is 2.20. The van der Waals surface area contributed by atoms with Gasteiger partial charge >= 0.3 is 5.69 Å². The number of fused-ring (bicyclic) bond motifs is 1. The maximum Gasteiger partial charge on any atom is 0.323 e. The quantitative estimate of drug-likeness (QED) is 0.575. The number of amides is 1. The normalized spacial score (nSPS) is 16.6. The van der Waals surface area contributed by atoms with Gasteiger partial charge in [0.1, 0.15) is 0 Å². The van der Waals surface area contributed by atoms with E-state index in [0.29, 0.717) is 24.5 Å². The molecule has 0 aliphatic carbocycles. The number of benzene rings is 2. The lowest BCUT2D eigenvalue weighted by atomic mass is 10.0. The molecule has 0 spiro atoms. The van der Waals surface area contributed by atoms with E-state index >= 15 is 0 Å². The smallest absolute Gasteiger partial charge is 0.323 e. The fraction of sp³-hybridized carbons (Fsp3) is 0.333. The Morgan fingerprint density at radius 2 is 1.93 bits per heavy atom. The molecule has 1 saturated heterocycles. The Kier molecular flexibility index (Phi) is 7.00. The summed E-state index contributed by atoms with van der Waals surface area (Å²) in [5, 5.41) is 4.06. The molecule has 8 heteroatoms. The van der Waals surface area contributed by atoms with Crippen LogP contribution in [0.15, 0.2) is 47.3 Å². The molecule has 0 bridgehead atoms. The van der Waals surface area contributed by atoms with Gasteiger partial charge in [-0.3, -0.25) is 4.79 Å². The van der Waals surface area contributed by atoms with Crippen molar-refractivity contribution in [3.05, 3.63) is 69.1 Å². The fourth-order valence-corrected chi connectivity index (χ4v) is 4.11. The van der Waals surface area contributed by atoms with Crippen LogP contribution in [0.4, 0.5) is 0 Å². The van der Waals surface area contributed by atoms with Crippen molar-refractivity contribution in [3.63, 3.8) is 0 Å². The fourth-order valence-electron chi connectivity index (χ4n) is 3.85. The molecule has 4 rings (SSSR count). The van der Waals surface area contributed by atoms with Gasteiger partial charge in [0.25, 0.3) is 0 Å². The highest BCUT2D eigenvalue weighted by Crippen LogP contribution is 2.29. The number of H-pyrrole nitrogens is 2. The lowest BCUT2D eigenvalue weighted by Gasteiger charge is -2.37. The van der Waals surface area contributed by atoms with E-state index in [-0.39, 0.29) is 30.0 Å². The first kappa shape index (κ1) is 21.4. The van der Waals surface area contributed by atoms with Gasteiger partial charge in [0, 0.05) is 31.1 Å². The van der Waals surface area contributed by atoms with Gasteiger partial charge in [-0.15, -0.1) is 12.4 Å². The molecule has 1 aliphatic heterocycles. The van der Waals surface area contributed by atoms with Crippen molar-refractivity contribution in [1.82, 2.24) is 20.2 Å². The number of piperazine rings is 1. The van der Waals surface area contributed by atoms with Gasteiger partial charge < -0.3 is 20.2 Å². The molecule has 6 nitrogen and oxygen atoms in total. The number of aromatic nitrogens is 2. The van der Waals surface area contributed by atoms with E-state index < -0.39 is 0 Å². The summed E-state index contributed by atoms with van der Waals surface area (Å²) in [5.41, 5.74) is 3.50. The van der Waals surface area contributed by atoms with Gasteiger partial charge in [-0.2, -0.15) is 0 Å². The summed E-state index contributed by atoms with van der Waals surface area (Å²) >= 11 is 6.37. The number of halogens is 2. The second-order valence-corrected chi connectivity index (χ2v) is 7.55. The minimum atomic E-state index is -0.202. The zero-order valence-electron chi connectivity index (χ0n) is 15.9. The first-order valence-corrected chi connectivity index (χ1v) is 9.95. The first-order chi connectivity index (χ1) is 13.6. The number of imidazole rings is 1. The van der Waals surface area contributed by atoms with Crippen LogP contribution in [-0.4, -0.2) is 40.4 Å². The molecule has 1 fully saturated rings. The molecule has 0 saturated carbocycles. The third-order valence-electron chi connectivity index (χ3n) is 5.26. The van der Waals surface area contributed by atoms with E-state index in [9.17, 15) is 9.59 Å². The Hall–Kier alpha value is -2.28. The summed E-state index contributed by atoms with van der Waals surface area (Å²) in [5.74, 6) is 0.155. The van der Waals surface area contributed by atoms with E-state index in [4.69, 9.17) is 11.6 Å². The van der Waals surface area contributed by atoms with Gasteiger partial charge in [-0.25, -0.2) is 4.79 Å². The maximum absolute atomic E-state index is 12.9. The lowest BCUT2D eigenvalue weighted by Crippen LogP contribution is -2.48. The van der Waals surface area contributed by atoms with Gasteiger partial charge in [0.15, 0.2) is 0 Å². The second kappa shape index (κ2) is 9.48. The van der Waals surface area contributed by atoms with Crippen molar-refractivity contribution >= 4 is 40.9 Å². The average molecular weight is 435 g/mol. The van der Waals surface area contributed by atoms with Crippen molar-refractivity contribution in [1.29, 1.82) is 0 Å². The van der Waals surface area contributed by atoms with E-state index in [0.717, 1.165) is 41.5 Å². The molecule has 2 aromatic carbocycles. The van der Waals surface area contributed by atoms with E-state index in [1.165, 1.54) is 0 Å². The van der Waals surface area contributed by atoms with Crippen LogP contribution in [0.3, 0.4) is 0 Å². The third kappa shape index (κ3) is 4.83. The maximum atomic E-state index is 12.9. The van der Waals surface area contributed by atoms with Crippen LogP contribution in [-0.2, 0) is 11.2 Å². The van der Waals surface area contributed by atoms with Crippen molar-refractivity contribution in [3.8, 4) is 0 Å². The molecule has 1 aliphatic rings. The number of hydrogen-bond donors (Lipinski definition) is 3. The number of nitrogens with one attached hydrogen (secondary N) is 3. The van der Waals surface area contributed by atoms with Crippen molar-refractivity contribution < 1.29 is 4.79 Å². The Labute approximate surface area is 180 Å². The molecule has 1 aromatic heterocycles. The number of rotatable bonds is 5. The molecule has 29 heavy (non-hydrogen) atoms. The molecular formula is C21H24Cl2N4O2. The summed E-state index contributed by atoms with van der Waals surface area (Å²) < 4.78 is 0. The van der Waals surface area contributed by atoms with E-state index in [1.807, 2.05) is 47.4 Å². The molecular weight excluding hydrogens is 411 g/mol. The number of nitrogens with zero attached hydrogens (tertiary/aromatic N) is 1. The number of carbonyl (C=O) groups is 1. The van der Waals surface area contributed by atoms with Crippen LogP contribution in [0, 0.1) is 0 Å². The Morgan fingerprint density at radius 1 is 1.14 bits per heavy atom. The summed E-state index contributed by atoms with van der Waals surface area (Å²) in [7, 11) is 0. The highest BCUT2D eigenvalue weighted by molar-refractivity contribution is 6.31. The van der Waals surface area contributed by atoms with E-state index in [1.54, 1.807) is 0 Å². The number of aromatic amines is 2. The highest BCUT2D eigenvalue weighted by Gasteiger charge is 2.28. The van der Waals surface area contributed by atoms with Gasteiger partial charge in [0.05, 0.1) is 17.1 Å². The van der Waals surface area contributed by atoms with Crippen LogP contribution in [0.2, 0.25) is 5.02 Å². The highest BCUT2D eigenvalue weighted by atomic mass is 35.5.